The van der Waals surface area contributed by atoms with Crippen LogP contribution >= 0.6 is 22.9 Å². The van der Waals surface area contributed by atoms with Crippen molar-refractivity contribution in [3.8, 4) is 5.75 Å². The minimum atomic E-state index is -0.386. The lowest BCUT2D eigenvalue weighted by atomic mass is 10.2. The van der Waals surface area contributed by atoms with Gasteiger partial charge in [-0.1, -0.05) is 11.6 Å². The highest BCUT2D eigenvalue weighted by molar-refractivity contribution is 7.16. The lowest BCUT2D eigenvalue weighted by Gasteiger charge is -2.08. The molecule has 1 amide bonds. The standard InChI is InChI=1S/C15H15ClN2O4S/c1-8-12(7-13(19)22-3)23-15(17-8)18-14(20)10-6-9(16)4-5-11(10)21-2/h4-6H,7H2,1-3H3,(H,17,18,20). The summed E-state index contributed by atoms with van der Waals surface area (Å²) in [5.74, 6) is -0.330. The number of halogens is 1. The fourth-order valence-electron chi connectivity index (χ4n) is 1.87. The maximum Gasteiger partial charge on any atom is 0.310 e. The van der Waals surface area contributed by atoms with Crippen molar-refractivity contribution in [3.63, 3.8) is 0 Å². The molecule has 0 bridgehead atoms. The molecule has 2 aromatic rings. The molecule has 1 heterocycles. The molecular weight excluding hydrogens is 340 g/mol. The number of carbonyl (C=O) groups is 2. The lowest BCUT2D eigenvalue weighted by Crippen LogP contribution is -2.13. The van der Waals surface area contributed by atoms with E-state index < -0.39 is 0 Å². The molecule has 0 spiro atoms. The first kappa shape index (κ1) is 17.2. The number of aryl methyl sites for hydroxylation is 1. The molecule has 1 aromatic heterocycles. The number of nitrogens with zero attached hydrogens (tertiary/aromatic N) is 1. The summed E-state index contributed by atoms with van der Waals surface area (Å²) in [5, 5.41) is 3.52. The van der Waals surface area contributed by atoms with Crippen LogP contribution in [0.5, 0.6) is 5.75 Å². The Morgan fingerprint density at radius 2 is 2.09 bits per heavy atom. The Balaban J connectivity index is 2.19. The highest BCUT2D eigenvalue weighted by atomic mass is 35.5. The van der Waals surface area contributed by atoms with Gasteiger partial charge in [0.25, 0.3) is 5.91 Å². The van der Waals surface area contributed by atoms with Crippen molar-refractivity contribution >= 4 is 39.9 Å². The van der Waals surface area contributed by atoms with E-state index in [1.165, 1.54) is 31.6 Å². The summed E-state index contributed by atoms with van der Waals surface area (Å²) in [4.78, 5) is 28.7. The van der Waals surface area contributed by atoms with Gasteiger partial charge < -0.3 is 9.47 Å². The van der Waals surface area contributed by atoms with Gasteiger partial charge in [-0.2, -0.15) is 0 Å². The van der Waals surface area contributed by atoms with Crippen LogP contribution in [0.3, 0.4) is 0 Å². The van der Waals surface area contributed by atoms with Gasteiger partial charge >= 0.3 is 5.97 Å². The van der Waals surface area contributed by atoms with Crippen LogP contribution in [0.15, 0.2) is 18.2 Å². The van der Waals surface area contributed by atoms with Crippen LogP contribution in [0.1, 0.15) is 20.9 Å². The van der Waals surface area contributed by atoms with Gasteiger partial charge in [0.2, 0.25) is 0 Å². The van der Waals surface area contributed by atoms with Gasteiger partial charge in [-0.25, -0.2) is 4.98 Å². The van der Waals surface area contributed by atoms with Gasteiger partial charge in [-0.15, -0.1) is 11.3 Å². The number of benzene rings is 1. The van der Waals surface area contributed by atoms with Crippen molar-refractivity contribution < 1.29 is 19.1 Å². The number of carbonyl (C=O) groups excluding carboxylic acids is 2. The van der Waals surface area contributed by atoms with E-state index in [0.717, 1.165) is 4.88 Å². The van der Waals surface area contributed by atoms with Crippen molar-refractivity contribution in [2.45, 2.75) is 13.3 Å². The summed E-state index contributed by atoms with van der Waals surface area (Å²) in [6, 6.07) is 4.78. The Bertz CT molecular complexity index is 745. The largest absolute Gasteiger partial charge is 0.496 e. The van der Waals surface area contributed by atoms with E-state index in [1.807, 2.05) is 0 Å². The molecule has 0 fully saturated rings. The molecule has 0 aliphatic rings. The van der Waals surface area contributed by atoms with E-state index in [2.05, 4.69) is 15.0 Å². The third kappa shape index (κ3) is 4.20. The summed E-state index contributed by atoms with van der Waals surface area (Å²) in [5.41, 5.74) is 0.983. The van der Waals surface area contributed by atoms with Gasteiger partial charge in [-0.3, -0.25) is 14.9 Å². The maximum atomic E-state index is 12.4. The molecule has 0 aliphatic heterocycles. The van der Waals surface area contributed by atoms with Crippen molar-refractivity contribution in [2.75, 3.05) is 19.5 Å². The SMILES string of the molecule is COC(=O)Cc1sc(NC(=O)c2cc(Cl)ccc2OC)nc1C. The fraction of sp³-hybridized carbons (Fsp3) is 0.267. The van der Waals surface area contributed by atoms with Crippen LogP contribution in [-0.4, -0.2) is 31.1 Å². The van der Waals surface area contributed by atoms with E-state index in [0.29, 0.717) is 27.2 Å². The number of anilines is 1. The second kappa shape index (κ2) is 7.43. The molecule has 23 heavy (non-hydrogen) atoms. The van der Waals surface area contributed by atoms with Gasteiger partial charge in [0.05, 0.1) is 31.9 Å². The van der Waals surface area contributed by atoms with E-state index in [9.17, 15) is 9.59 Å². The van der Waals surface area contributed by atoms with Crippen molar-refractivity contribution in [1.29, 1.82) is 0 Å². The molecule has 0 saturated heterocycles. The normalized spacial score (nSPS) is 10.3. The Hall–Kier alpha value is -2.12. The minimum Gasteiger partial charge on any atom is -0.496 e. The van der Waals surface area contributed by atoms with Crippen molar-refractivity contribution in [3.05, 3.63) is 39.4 Å². The average Bonchev–Trinajstić information content (AvgIpc) is 2.86. The molecule has 6 nitrogen and oxygen atoms in total. The predicted molar refractivity (Wildman–Crippen MR) is 88.5 cm³/mol. The van der Waals surface area contributed by atoms with Crippen LogP contribution in [0.2, 0.25) is 5.02 Å². The first-order valence-electron chi connectivity index (χ1n) is 6.62. The number of rotatable bonds is 5. The van der Waals surface area contributed by atoms with Crippen LogP contribution in [0, 0.1) is 6.92 Å². The van der Waals surface area contributed by atoms with Crippen LogP contribution in [-0.2, 0) is 16.0 Å². The first-order chi connectivity index (χ1) is 10.9. The second-order valence-corrected chi connectivity index (χ2v) is 6.10. The first-order valence-corrected chi connectivity index (χ1v) is 7.82. The Morgan fingerprint density at radius 3 is 2.74 bits per heavy atom. The zero-order valence-corrected chi connectivity index (χ0v) is 14.4. The highest BCUT2D eigenvalue weighted by Gasteiger charge is 2.17. The zero-order valence-electron chi connectivity index (χ0n) is 12.8. The molecule has 0 atom stereocenters. The number of esters is 1. The Morgan fingerprint density at radius 1 is 1.35 bits per heavy atom. The predicted octanol–water partition coefficient (Wildman–Crippen LogP) is 3.08. The maximum absolute atomic E-state index is 12.4. The van der Waals surface area contributed by atoms with E-state index in [-0.39, 0.29) is 18.3 Å². The van der Waals surface area contributed by atoms with Gasteiger partial charge in [-0.05, 0) is 25.1 Å². The number of aromatic nitrogens is 1. The van der Waals surface area contributed by atoms with Crippen LogP contribution in [0.4, 0.5) is 5.13 Å². The molecule has 1 aromatic carbocycles. The number of nitrogens with one attached hydrogen (secondary N) is 1. The smallest absolute Gasteiger partial charge is 0.310 e. The zero-order chi connectivity index (χ0) is 17.0. The Kier molecular flexibility index (Phi) is 5.57. The summed E-state index contributed by atoms with van der Waals surface area (Å²) in [6.07, 6.45) is 0.121. The van der Waals surface area contributed by atoms with Crippen molar-refractivity contribution in [2.24, 2.45) is 0 Å². The van der Waals surface area contributed by atoms with Crippen molar-refractivity contribution in [1.82, 2.24) is 4.98 Å². The molecule has 0 radical (unpaired) electrons. The van der Waals surface area contributed by atoms with E-state index in [4.69, 9.17) is 16.3 Å². The van der Waals surface area contributed by atoms with Gasteiger partial charge in [0.15, 0.2) is 5.13 Å². The molecule has 2 rings (SSSR count). The summed E-state index contributed by atoms with van der Waals surface area (Å²) in [6.45, 7) is 1.77. The molecule has 0 aliphatic carbocycles. The number of amides is 1. The quantitative estimate of drug-likeness (QED) is 0.835. The third-order valence-electron chi connectivity index (χ3n) is 3.05. The van der Waals surface area contributed by atoms with E-state index in [1.54, 1.807) is 19.1 Å². The average molecular weight is 355 g/mol. The van der Waals surface area contributed by atoms with Crippen LogP contribution in [0.25, 0.3) is 0 Å². The number of ether oxygens (including phenoxy) is 2. The number of thiazole rings is 1. The third-order valence-corrected chi connectivity index (χ3v) is 4.36. The minimum absolute atomic E-state index is 0.121. The summed E-state index contributed by atoms with van der Waals surface area (Å²) < 4.78 is 9.79. The monoisotopic (exact) mass is 354 g/mol. The van der Waals surface area contributed by atoms with Crippen LogP contribution < -0.4 is 10.1 Å². The molecule has 0 unspecified atom stereocenters. The number of hydrogen-bond donors (Lipinski definition) is 1. The fourth-order valence-corrected chi connectivity index (χ4v) is 2.99. The molecule has 8 heteroatoms. The van der Waals surface area contributed by atoms with E-state index >= 15 is 0 Å². The Labute approximate surface area is 142 Å². The number of hydrogen-bond acceptors (Lipinski definition) is 6. The topological polar surface area (TPSA) is 77.5 Å². The molecule has 1 N–H and O–H groups in total. The summed E-state index contributed by atoms with van der Waals surface area (Å²) >= 11 is 7.15. The molecule has 122 valence electrons. The van der Waals surface area contributed by atoms with Gasteiger partial charge in [0, 0.05) is 9.90 Å². The lowest BCUT2D eigenvalue weighted by molar-refractivity contribution is -0.139. The molecular formula is C15H15ClN2O4S. The molecule has 0 saturated carbocycles. The summed E-state index contributed by atoms with van der Waals surface area (Å²) in [7, 11) is 2.80. The second-order valence-electron chi connectivity index (χ2n) is 4.58. The highest BCUT2D eigenvalue weighted by Crippen LogP contribution is 2.27. The number of methoxy groups -OCH3 is 2. The van der Waals surface area contributed by atoms with Gasteiger partial charge in [0.1, 0.15) is 5.75 Å².